The summed E-state index contributed by atoms with van der Waals surface area (Å²) in [5, 5.41) is 22.0. The van der Waals surface area contributed by atoms with Gasteiger partial charge in [-0.3, -0.25) is 4.79 Å². The van der Waals surface area contributed by atoms with Gasteiger partial charge in [0.2, 0.25) is 0 Å². The molecule has 7 nitrogen and oxygen atoms in total. The SMILES string of the molecule is O=C(O)CC(NC(=O)Nc1cc(Cl)c(Cl)cc1Cl)C(=O)O. The minimum Gasteiger partial charge on any atom is -0.481 e. The van der Waals surface area contributed by atoms with Crippen LogP contribution in [-0.4, -0.2) is 34.2 Å². The van der Waals surface area contributed by atoms with E-state index in [1.54, 1.807) is 0 Å². The highest BCUT2D eigenvalue weighted by Crippen LogP contribution is 2.32. The van der Waals surface area contributed by atoms with Crippen molar-refractivity contribution in [3.05, 3.63) is 27.2 Å². The van der Waals surface area contributed by atoms with Crippen molar-refractivity contribution in [2.75, 3.05) is 5.32 Å². The highest BCUT2D eigenvalue weighted by Gasteiger charge is 2.23. The van der Waals surface area contributed by atoms with E-state index in [1.165, 1.54) is 12.1 Å². The Morgan fingerprint density at radius 2 is 1.62 bits per heavy atom. The van der Waals surface area contributed by atoms with Crippen molar-refractivity contribution in [3.63, 3.8) is 0 Å². The molecular weight excluding hydrogens is 346 g/mol. The second-order valence-electron chi connectivity index (χ2n) is 3.83. The molecule has 0 radical (unpaired) electrons. The van der Waals surface area contributed by atoms with Gasteiger partial charge >= 0.3 is 18.0 Å². The van der Waals surface area contributed by atoms with Crippen LogP contribution in [0, 0.1) is 0 Å². The first-order valence-corrected chi connectivity index (χ1v) is 6.50. The van der Waals surface area contributed by atoms with Crippen molar-refractivity contribution in [2.45, 2.75) is 12.5 Å². The average Bonchev–Trinajstić information content (AvgIpc) is 2.34. The Bertz CT molecular complexity index is 593. The van der Waals surface area contributed by atoms with Crippen LogP contribution < -0.4 is 10.6 Å². The number of hydrogen-bond donors (Lipinski definition) is 4. The lowest BCUT2D eigenvalue weighted by Crippen LogP contribution is -2.44. The molecule has 0 aliphatic rings. The molecule has 114 valence electrons. The van der Waals surface area contributed by atoms with E-state index < -0.39 is 30.4 Å². The molecule has 1 rings (SSSR count). The number of carboxylic acids is 2. The zero-order chi connectivity index (χ0) is 16.2. The van der Waals surface area contributed by atoms with Crippen LogP contribution in [0.15, 0.2) is 12.1 Å². The van der Waals surface area contributed by atoms with E-state index in [2.05, 4.69) is 5.32 Å². The number of carboxylic acid groups (broad SMARTS) is 2. The maximum Gasteiger partial charge on any atom is 0.326 e. The van der Waals surface area contributed by atoms with Gasteiger partial charge in [-0.1, -0.05) is 34.8 Å². The molecule has 1 aromatic rings. The van der Waals surface area contributed by atoms with E-state index in [0.29, 0.717) is 0 Å². The van der Waals surface area contributed by atoms with Crippen LogP contribution in [0.5, 0.6) is 0 Å². The van der Waals surface area contributed by atoms with Gasteiger partial charge in [-0.05, 0) is 12.1 Å². The first kappa shape index (κ1) is 17.4. The Morgan fingerprint density at radius 3 is 2.14 bits per heavy atom. The summed E-state index contributed by atoms with van der Waals surface area (Å²) in [6, 6.07) is 0.0548. The highest BCUT2D eigenvalue weighted by molar-refractivity contribution is 6.44. The number of rotatable bonds is 5. The molecule has 1 aromatic carbocycles. The number of hydrogen-bond acceptors (Lipinski definition) is 3. The third-order valence-corrected chi connectivity index (χ3v) is 3.28. The summed E-state index contributed by atoms with van der Waals surface area (Å²) < 4.78 is 0. The number of urea groups is 1. The van der Waals surface area contributed by atoms with Gasteiger partial charge in [0, 0.05) is 0 Å². The fourth-order valence-corrected chi connectivity index (χ4v) is 1.90. The van der Waals surface area contributed by atoms with E-state index in [0.717, 1.165) is 0 Å². The molecule has 10 heteroatoms. The van der Waals surface area contributed by atoms with Crippen LogP contribution in [0.25, 0.3) is 0 Å². The lowest BCUT2D eigenvalue weighted by molar-refractivity contribution is -0.145. The molecule has 0 saturated heterocycles. The van der Waals surface area contributed by atoms with Crippen LogP contribution in [0.2, 0.25) is 15.1 Å². The molecule has 0 saturated carbocycles. The predicted molar refractivity (Wildman–Crippen MR) is 77.3 cm³/mol. The second kappa shape index (κ2) is 7.35. The lowest BCUT2D eigenvalue weighted by Gasteiger charge is -2.14. The summed E-state index contributed by atoms with van der Waals surface area (Å²) in [5.41, 5.74) is 0.100. The normalized spacial score (nSPS) is 11.6. The van der Waals surface area contributed by atoms with E-state index in [1.807, 2.05) is 5.32 Å². The Hall–Kier alpha value is -1.70. The van der Waals surface area contributed by atoms with Gasteiger partial charge in [0.1, 0.15) is 6.04 Å². The molecule has 0 aliphatic carbocycles. The van der Waals surface area contributed by atoms with Gasteiger partial charge in [-0.15, -0.1) is 0 Å². The molecule has 21 heavy (non-hydrogen) atoms. The summed E-state index contributed by atoms with van der Waals surface area (Å²) >= 11 is 17.3. The topological polar surface area (TPSA) is 116 Å². The van der Waals surface area contributed by atoms with Gasteiger partial charge in [0.15, 0.2) is 0 Å². The average molecular weight is 356 g/mol. The molecule has 1 unspecified atom stereocenters. The third-order valence-electron chi connectivity index (χ3n) is 2.24. The number of amides is 2. The van der Waals surface area contributed by atoms with Crippen LogP contribution in [-0.2, 0) is 9.59 Å². The minimum absolute atomic E-state index is 0.0876. The van der Waals surface area contributed by atoms with Gasteiger partial charge in [-0.2, -0.15) is 0 Å². The van der Waals surface area contributed by atoms with Gasteiger partial charge < -0.3 is 20.8 Å². The van der Waals surface area contributed by atoms with E-state index in [4.69, 9.17) is 45.0 Å². The monoisotopic (exact) mass is 354 g/mol. The van der Waals surface area contributed by atoms with Gasteiger partial charge in [0.05, 0.1) is 27.2 Å². The molecule has 0 heterocycles. The largest absolute Gasteiger partial charge is 0.481 e. The molecule has 0 aliphatic heterocycles. The Balaban J connectivity index is 2.79. The molecule has 0 aromatic heterocycles. The predicted octanol–water partition coefficient (Wildman–Crippen LogP) is 2.70. The summed E-state index contributed by atoms with van der Waals surface area (Å²) in [4.78, 5) is 33.0. The standard InChI is InChI=1S/C11H9Cl3N2O5/c12-4-1-6(14)7(2-5(4)13)15-11(21)16-8(10(19)20)3-9(17)18/h1-2,8H,3H2,(H,17,18)(H,19,20)(H2,15,16,21). The Labute approximate surface area is 133 Å². The first-order chi connectivity index (χ1) is 9.70. The molecule has 4 N–H and O–H groups in total. The number of anilines is 1. The lowest BCUT2D eigenvalue weighted by atomic mass is 10.2. The van der Waals surface area contributed by atoms with E-state index >= 15 is 0 Å². The Morgan fingerprint density at radius 1 is 1.05 bits per heavy atom. The zero-order valence-electron chi connectivity index (χ0n) is 10.2. The molecule has 2 amide bonds. The van der Waals surface area contributed by atoms with Crippen LogP contribution in [0.3, 0.4) is 0 Å². The van der Waals surface area contributed by atoms with Crippen LogP contribution in [0.4, 0.5) is 10.5 Å². The van der Waals surface area contributed by atoms with E-state index in [9.17, 15) is 14.4 Å². The smallest absolute Gasteiger partial charge is 0.326 e. The van der Waals surface area contributed by atoms with Crippen molar-refractivity contribution in [1.29, 1.82) is 0 Å². The van der Waals surface area contributed by atoms with Gasteiger partial charge in [0.25, 0.3) is 0 Å². The van der Waals surface area contributed by atoms with Crippen molar-refractivity contribution < 1.29 is 24.6 Å². The third kappa shape index (κ3) is 5.30. The zero-order valence-corrected chi connectivity index (χ0v) is 12.5. The maximum atomic E-state index is 11.6. The second-order valence-corrected chi connectivity index (χ2v) is 5.05. The number of carbonyl (C=O) groups is 3. The number of aliphatic carboxylic acids is 2. The highest BCUT2D eigenvalue weighted by atomic mass is 35.5. The summed E-state index contributed by atoms with van der Waals surface area (Å²) in [5.74, 6) is -2.84. The van der Waals surface area contributed by atoms with Gasteiger partial charge in [-0.25, -0.2) is 9.59 Å². The number of benzene rings is 1. The molecular formula is C11H9Cl3N2O5. The number of carbonyl (C=O) groups excluding carboxylic acids is 1. The molecule has 1 atom stereocenters. The molecule has 0 fully saturated rings. The van der Waals surface area contributed by atoms with Crippen molar-refractivity contribution in [2.24, 2.45) is 0 Å². The van der Waals surface area contributed by atoms with Crippen molar-refractivity contribution >= 4 is 58.5 Å². The summed E-state index contributed by atoms with van der Waals surface area (Å²) in [6.07, 6.45) is -0.766. The minimum atomic E-state index is -1.58. The quantitative estimate of drug-likeness (QED) is 0.606. The summed E-state index contributed by atoms with van der Waals surface area (Å²) in [6.45, 7) is 0. The van der Waals surface area contributed by atoms with E-state index in [-0.39, 0.29) is 20.8 Å². The summed E-state index contributed by atoms with van der Waals surface area (Å²) in [7, 11) is 0. The van der Waals surface area contributed by atoms with Crippen molar-refractivity contribution in [1.82, 2.24) is 5.32 Å². The molecule has 0 spiro atoms. The van der Waals surface area contributed by atoms with Crippen molar-refractivity contribution in [3.8, 4) is 0 Å². The fourth-order valence-electron chi connectivity index (χ4n) is 1.31. The molecule has 0 bridgehead atoms. The fraction of sp³-hybridized carbons (Fsp3) is 0.182. The number of halogens is 3. The van der Waals surface area contributed by atoms with Crippen LogP contribution in [0.1, 0.15) is 6.42 Å². The van der Waals surface area contributed by atoms with Crippen LogP contribution >= 0.6 is 34.8 Å². The maximum absolute atomic E-state index is 11.6. The Kier molecular flexibility index (Phi) is 6.07. The first-order valence-electron chi connectivity index (χ1n) is 5.37. The number of nitrogens with one attached hydrogen (secondary N) is 2.